The Balaban J connectivity index is 1.71. The van der Waals surface area contributed by atoms with Crippen LogP contribution in [0.5, 0.6) is 5.75 Å². The Morgan fingerprint density at radius 2 is 1.74 bits per heavy atom. The summed E-state index contributed by atoms with van der Waals surface area (Å²) >= 11 is 0. The summed E-state index contributed by atoms with van der Waals surface area (Å²) in [5.41, 5.74) is 0. The minimum atomic E-state index is -3.70. The van der Waals surface area contributed by atoms with E-state index >= 15 is 0 Å². The quantitative estimate of drug-likeness (QED) is 0.804. The lowest BCUT2D eigenvalue weighted by Gasteiger charge is -2.28. The molecule has 0 radical (unpaired) electrons. The third kappa shape index (κ3) is 4.82. The molecule has 0 spiro atoms. The fourth-order valence-corrected chi connectivity index (χ4v) is 5.59. The number of carbonyl (C=O) groups is 1. The van der Waals surface area contributed by atoms with Gasteiger partial charge < -0.3 is 10.1 Å². The summed E-state index contributed by atoms with van der Waals surface area (Å²) in [5, 5.41) is 3.08. The molecule has 1 amide bonds. The molecule has 2 aliphatic rings. The second kappa shape index (κ2) is 8.61. The van der Waals surface area contributed by atoms with E-state index in [1.165, 1.54) is 10.7 Å². The van der Waals surface area contributed by atoms with E-state index in [1.54, 1.807) is 24.3 Å². The molecule has 1 aliphatic heterocycles. The molecule has 1 saturated carbocycles. The molecule has 3 rings (SSSR count). The molecule has 1 aliphatic carbocycles. The molecular weight excluding hydrogens is 364 g/mol. The predicted octanol–water partition coefficient (Wildman–Crippen LogP) is 3.08. The zero-order chi connectivity index (χ0) is 19.4. The zero-order valence-corrected chi connectivity index (χ0v) is 17.0. The van der Waals surface area contributed by atoms with E-state index in [4.69, 9.17) is 4.74 Å². The number of amides is 1. The van der Waals surface area contributed by atoms with Crippen LogP contribution in [0, 0.1) is 0 Å². The average Bonchev–Trinajstić information content (AvgIpc) is 3.13. The molecule has 6 nitrogen and oxygen atoms in total. The normalized spacial score (nSPS) is 22.1. The van der Waals surface area contributed by atoms with Gasteiger partial charge in [-0.15, -0.1) is 0 Å². The Kier molecular flexibility index (Phi) is 6.42. The Bertz CT molecular complexity index is 740. The fraction of sp³-hybridized carbons (Fsp3) is 0.650. The lowest BCUT2D eigenvalue weighted by molar-refractivity contribution is -0.125. The van der Waals surface area contributed by atoms with Gasteiger partial charge in [0.05, 0.1) is 11.0 Å². The van der Waals surface area contributed by atoms with Crippen molar-refractivity contribution in [3.8, 4) is 5.75 Å². The molecule has 150 valence electrons. The van der Waals surface area contributed by atoms with E-state index in [9.17, 15) is 13.2 Å². The largest absolute Gasteiger partial charge is 0.491 e. The van der Waals surface area contributed by atoms with Crippen LogP contribution in [-0.2, 0) is 14.8 Å². The maximum absolute atomic E-state index is 13.1. The molecule has 2 fully saturated rings. The lowest BCUT2D eigenvalue weighted by Crippen LogP contribution is -2.49. The highest BCUT2D eigenvalue weighted by Gasteiger charge is 2.40. The molecule has 1 heterocycles. The number of nitrogens with zero attached hydrogens (tertiary/aromatic N) is 1. The summed E-state index contributed by atoms with van der Waals surface area (Å²) < 4.78 is 33.1. The van der Waals surface area contributed by atoms with Gasteiger partial charge in [0.15, 0.2) is 0 Å². The van der Waals surface area contributed by atoms with Crippen molar-refractivity contribution in [3.63, 3.8) is 0 Å². The van der Waals surface area contributed by atoms with Crippen molar-refractivity contribution >= 4 is 15.9 Å². The van der Waals surface area contributed by atoms with Crippen molar-refractivity contribution in [1.29, 1.82) is 0 Å². The summed E-state index contributed by atoms with van der Waals surface area (Å²) in [6, 6.07) is 6.02. The molecule has 7 heteroatoms. The maximum Gasteiger partial charge on any atom is 0.243 e. The van der Waals surface area contributed by atoms with Crippen LogP contribution in [0.1, 0.15) is 58.8 Å². The molecule has 1 aromatic carbocycles. The number of sulfonamides is 1. The van der Waals surface area contributed by atoms with Crippen LogP contribution in [-0.4, -0.2) is 43.4 Å². The highest BCUT2D eigenvalue weighted by Crippen LogP contribution is 2.28. The third-order valence-corrected chi connectivity index (χ3v) is 7.18. The van der Waals surface area contributed by atoms with Crippen molar-refractivity contribution in [2.45, 2.75) is 81.9 Å². The van der Waals surface area contributed by atoms with Crippen LogP contribution < -0.4 is 10.1 Å². The average molecular weight is 395 g/mol. The molecular formula is C20H30N2O4S. The van der Waals surface area contributed by atoms with Crippen molar-refractivity contribution in [2.24, 2.45) is 0 Å². The van der Waals surface area contributed by atoms with Crippen molar-refractivity contribution < 1.29 is 17.9 Å². The van der Waals surface area contributed by atoms with Gasteiger partial charge in [0.2, 0.25) is 15.9 Å². The first-order chi connectivity index (χ1) is 12.9. The van der Waals surface area contributed by atoms with Gasteiger partial charge >= 0.3 is 0 Å². The first kappa shape index (κ1) is 20.1. The lowest BCUT2D eigenvalue weighted by atomic mass is 9.95. The maximum atomic E-state index is 13.1. The van der Waals surface area contributed by atoms with Crippen molar-refractivity contribution in [3.05, 3.63) is 24.3 Å². The summed E-state index contributed by atoms with van der Waals surface area (Å²) in [5.74, 6) is 0.486. The standard InChI is InChI=1S/C20H30N2O4S/c1-15(2)26-17-10-12-18(13-11-17)27(24,25)22-14-6-9-19(22)20(23)21-16-7-4-3-5-8-16/h10-13,15-16,19H,3-9,14H2,1-2H3,(H,21,23)/t19-/m1/s1. The summed E-state index contributed by atoms with van der Waals surface area (Å²) in [6.45, 7) is 4.23. The summed E-state index contributed by atoms with van der Waals surface area (Å²) in [7, 11) is -3.70. The first-order valence-corrected chi connectivity index (χ1v) is 11.4. The molecule has 27 heavy (non-hydrogen) atoms. The second-order valence-corrected chi connectivity index (χ2v) is 9.65. The molecule has 1 N–H and O–H groups in total. The van der Waals surface area contributed by atoms with Gasteiger partial charge in [-0.05, 0) is 63.8 Å². The van der Waals surface area contributed by atoms with E-state index in [0.717, 1.165) is 25.7 Å². The molecule has 0 aromatic heterocycles. The Hall–Kier alpha value is -1.60. The van der Waals surface area contributed by atoms with Crippen molar-refractivity contribution in [1.82, 2.24) is 9.62 Å². The van der Waals surface area contributed by atoms with Gasteiger partial charge in [0, 0.05) is 12.6 Å². The number of nitrogens with one attached hydrogen (secondary N) is 1. The van der Waals surface area contributed by atoms with E-state index in [2.05, 4.69) is 5.32 Å². The minimum Gasteiger partial charge on any atom is -0.491 e. The van der Waals surface area contributed by atoms with E-state index in [1.807, 2.05) is 13.8 Å². The fourth-order valence-electron chi connectivity index (χ4n) is 3.93. The highest BCUT2D eigenvalue weighted by atomic mass is 32.2. The van der Waals surface area contributed by atoms with Gasteiger partial charge in [0.1, 0.15) is 11.8 Å². The van der Waals surface area contributed by atoms with Gasteiger partial charge in [-0.25, -0.2) is 8.42 Å². The van der Waals surface area contributed by atoms with Crippen LogP contribution in [0.2, 0.25) is 0 Å². The summed E-state index contributed by atoms with van der Waals surface area (Å²) in [4.78, 5) is 12.9. The SMILES string of the molecule is CC(C)Oc1ccc(S(=O)(=O)N2CCC[C@@H]2C(=O)NC2CCCCC2)cc1. The molecule has 1 aromatic rings. The number of rotatable bonds is 6. The highest BCUT2D eigenvalue weighted by molar-refractivity contribution is 7.89. The van der Waals surface area contributed by atoms with Crippen LogP contribution in [0.3, 0.4) is 0 Å². The first-order valence-electron chi connectivity index (χ1n) is 9.97. The number of ether oxygens (including phenoxy) is 1. The van der Waals surface area contributed by atoms with E-state index < -0.39 is 16.1 Å². The van der Waals surface area contributed by atoms with Crippen LogP contribution in [0.15, 0.2) is 29.2 Å². The Morgan fingerprint density at radius 3 is 2.37 bits per heavy atom. The third-order valence-electron chi connectivity index (χ3n) is 5.26. The monoisotopic (exact) mass is 394 g/mol. The van der Waals surface area contributed by atoms with Gasteiger partial charge in [-0.1, -0.05) is 19.3 Å². The van der Waals surface area contributed by atoms with Crippen LogP contribution in [0.4, 0.5) is 0 Å². The number of hydrogen-bond donors (Lipinski definition) is 1. The smallest absolute Gasteiger partial charge is 0.243 e. The van der Waals surface area contributed by atoms with Gasteiger partial charge in [-0.3, -0.25) is 4.79 Å². The Labute approximate surface area is 162 Å². The zero-order valence-electron chi connectivity index (χ0n) is 16.2. The van der Waals surface area contributed by atoms with Crippen LogP contribution in [0.25, 0.3) is 0 Å². The number of benzene rings is 1. The Morgan fingerprint density at radius 1 is 1.07 bits per heavy atom. The number of hydrogen-bond acceptors (Lipinski definition) is 4. The van der Waals surface area contributed by atoms with Gasteiger partial charge in [0.25, 0.3) is 0 Å². The molecule has 0 bridgehead atoms. The molecule has 0 unspecified atom stereocenters. The molecule has 1 saturated heterocycles. The van der Waals surface area contributed by atoms with E-state index in [0.29, 0.717) is 25.1 Å². The topological polar surface area (TPSA) is 75.7 Å². The summed E-state index contributed by atoms with van der Waals surface area (Å²) in [6.07, 6.45) is 6.75. The van der Waals surface area contributed by atoms with Crippen molar-refractivity contribution in [2.75, 3.05) is 6.54 Å². The molecule has 1 atom stereocenters. The minimum absolute atomic E-state index is 0.0268. The predicted molar refractivity (Wildman–Crippen MR) is 104 cm³/mol. The number of carbonyl (C=O) groups excluding carboxylic acids is 1. The second-order valence-electron chi connectivity index (χ2n) is 7.76. The van der Waals surface area contributed by atoms with Gasteiger partial charge in [-0.2, -0.15) is 4.31 Å². The van der Waals surface area contributed by atoms with E-state index in [-0.39, 0.29) is 22.9 Å². The van der Waals surface area contributed by atoms with Crippen LogP contribution >= 0.6 is 0 Å².